The molecule has 0 radical (unpaired) electrons. The highest BCUT2D eigenvalue weighted by atomic mass is 16.1. The number of rotatable bonds is 1. The van der Waals surface area contributed by atoms with Gasteiger partial charge in [-0.1, -0.05) is 12.5 Å². The van der Waals surface area contributed by atoms with Crippen molar-refractivity contribution in [3.05, 3.63) is 40.3 Å². The smallest absolute Gasteiger partial charge is 0.182 e. The second-order valence-electron chi connectivity index (χ2n) is 3.77. The predicted molar refractivity (Wildman–Crippen MR) is 58.1 cm³/mol. The van der Waals surface area contributed by atoms with Crippen molar-refractivity contribution < 1.29 is 0 Å². The van der Waals surface area contributed by atoms with Gasteiger partial charge in [0.15, 0.2) is 5.43 Å². The van der Waals surface area contributed by atoms with E-state index in [-0.39, 0.29) is 5.43 Å². The van der Waals surface area contributed by atoms with Crippen LogP contribution in [0.25, 0.3) is 5.57 Å². The molecule has 1 N–H and O–H groups in total. The van der Waals surface area contributed by atoms with Gasteiger partial charge in [-0.05, 0) is 31.3 Å². The number of aromatic amines is 1. The molecule has 0 aromatic carbocycles. The Hall–Kier alpha value is -1.31. The standard InChI is InChI=1S/C12H15NO/c14-11-7-8-13-12(9-11)10-5-3-1-2-4-6-10/h5,7-9H,1-4,6H2,(H,13,14). The van der Waals surface area contributed by atoms with Crippen LogP contribution in [0.15, 0.2) is 29.2 Å². The zero-order valence-corrected chi connectivity index (χ0v) is 8.25. The average molecular weight is 189 g/mol. The molecule has 0 amide bonds. The topological polar surface area (TPSA) is 32.9 Å². The van der Waals surface area contributed by atoms with E-state index in [1.165, 1.54) is 24.8 Å². The molecule has 1 heterocycles. The minimum absolute atomic E-state index is 0.0869. The van der Waals surface area contributed by atoms with E-state index in [1.54, 1.807) is 18.3 Å². The fourth-order valence-electron chi connectivity index (χ4n) is 1.89. The van der Waals surface area contributed by atoms with E-state index in [2.05, 4.69) is 11.1 Å². The van der Waals surface area contributed by atoms with Crippen LogP contribution in [0.5, 0.6) is 0 Å². The second kappa shape index (κ2) is 4.27. The Kier molecular flexibility index (Phi) is 2.82. The number of pyridine rings is 1. The van der Waals surface area contributed by atoms with Gasteiger partial charge in [-0.2, -0.15) is 0 Å². The number of hydrogen-bond donors (Lipinski definition) is 1. The van der Waals surface area contributed by atoms with Crippen molar-refractivity contribution in [2.24, 2.45) is 0 Å². The lowest BCUT2D eigenvalue weighted by Crippen LogP contribution is -2.00. The first-order chi connectivity index (χ1) is 6.86. The second-order valence-corrected chi connectivity index (χ2v) is 3.77. The quantitative estimate of drug-likeness (QED) is 0.724. The molecule has 0 atom stereocenters. The Balaban J connectivity index is 2.29. The van der Waals surface area contributed by atoms with Crippen molar-refractivity contribution in [3.8, 4) is 0 Å². The molecule has 2 heteroatoms. The molecule has 1 aliphatic rings. The van der Waals surface area contributed by atoms with Crippen LogP contribution in [0.2, 0.25) is 0 Å². The highest BCUT2D eigenvalue weighted by molar-refractivity contribution is 5.62. The van der Waals surface area contributed by atoms with E-state index in [9.17, 15) is 4.79 Å². The van der Waals surface area contributed by atoms with Gasteiger partial charge in [-0.15, -0.1) is 0 Å². The zero-order valence-electron chi connectivity index (χ0n) is 8.25. The molecule has 0 unspecified atom stereocenters. The fraction of sp³-hybridized carbons (Fsp3) is 0.417. The van der Waals surface area contributed by atoms with Gasteiger partial charge in [0.05, 0.1) is 0 Å². The van der Waals surface area contributed by atoms with Crippen molar-refractivity contribution in [2.45, 2.75) is 32.1 Å². The molecule has 0 saturated heterocycles. The predicted octanol–water partition coefficient (Wildman–Crippen LogP) is 2.72. The van der Waals surface area contributed by atoms with E-state index in [0.29, 0.717) is 0 Å². The van der Waals surface area contributed by atoms with E-state index in [4.69, 9.17) is 0 Å². The Morgan fingerprint density at radius 3 is 3.00 bits per heavy atom. The van der Waals surface area contributed by atoms with Gasteiger partial charge in [0.1, 0.15) is 0 Å². The minimum Gasteiger partial charge on any atom is -0.361 e. The Morgan fingerprint density at radius 2 is 2.14 bits per heavy atom. The number of nitrogens with one attached hydrogen (secondary N) is 1. The van der Waals surface area contributed by atoms with Crippen molar-refractivity contribution in [1.29, 1.82) is 0 Å². The molecule has 0 saturated carbocycles. The van der Waals surface area contributed by atoms with Crippen LogP contribution in [0.1, 0.15) is 37.8 Å². The molecule has 1 aliphatic carbocycles. The van der Waals surface area contributed by atoms with E-state index < -0.39 is 0 Å². The van der Waals surface area contributed by atoms with Crippen LogP contribution in [-0.2, 0) is 0 Å². The minimum atomic E-state index is 0.0869. The van der Waals surface area contributed by atoms with Gasteiger partial charge >= 0.3 is 0 Å². The van der Waals surface area contributed by atoms with Gasteiger partial charge in [-0.25, -0.2) is 0 Å². The summed E-state index contributed by atoms with van der Waals surface area (Å²) in [5.41, 5.74) is 2.39. The van der Waals surface area contributed by atoms with Gasteiger partial charge in [0, 0.05) is 24.0 Å². The van der Waals surface area contributed by atoms with Crippen molar-refractivity contribution in [3.63, 3.8) is 0 Å². The maximum atomic E-state index is 11.2. The number of allylic oxidation sites excluding steroid dienone is 2. The first-order valence-corrected chi connectivity index (χ1v) is 5.24. The number of hydrogen-bond acceptors (Lipinski definition) is 1. The molecular formula is C12H15NO. The Labute approximate surface area is 83.7 Å². The van der Waals surface area contributed by atoms with Gasteiger partial charge in [-0.3, -0.25) is 4.79 Å². The summed E-state index contributed by atoms with van der Waals surface area (Å²) in [5, 5.41) is 0. The maximum absolute atomic E-state index is 11.2. The van der Waals surface area contributed by atoms with Crippen molar-refractivity contribution in [2.75, 3.05) is 0 Å². The summed E-state index contributed by atoms with van der Waals surface area (Å²) in [4.78, 5) is 14.3. The third-order valence-electron chi connectivity index (χ3n) is 2.66. The molecule has 0 bridgehead atoms. The summed E-state index contributed by atoms with van der Waals surface area (Å²) in [5.74, 6) is 0. The number of aromatic nitrogens is 1. The zero-order chi connectivity index (χ0) is 9.80. The lowest BCUT2D eigenvalue weighted by atomic mass is 10.1. The summed E-state index contributed by atoms with van der Waals surface area (Å²) < 4.78 is 0. The highest BCUT2D eigenvalue weighted by Gasteiger charge is 2.05. The van der Waals surface area contributed by atoms with Crippen LogP contribution >= 0.6 is 0 Å². The lowest BCUT2D eigenvalue weighted by molar-refractivity contribution is 0.720. The monoisotopic (exact) mass is 189 g/mol. The normalized spacial score (nSPS) is 17.3. The summed E-state index contributed by atoms with van der Waals surface area (Å²) in [6.45, 7) is 0. The maximum Gasteiger partial charge on any atom is 0.182 e. The van der Waals surface area contributed by atoms with Crippen LogP contribution in [0.4, 0.5) is 0 Å². The molecule has 0 fully saturated rings. The average Bonchev–Trinajstić information content (AvgIpc) is 2.45. The Bertz CT molecular complexity index is 389. The molecule has 2 nitrogen and oxygen atoms in total. The van der Waals surface area contributed by atoms with Crippen LogP contribution in [0, 0.1) is 0 Å². The van der Waals surface area contributed by atoms with Crippen molar-refractivity contribution >= 4 is 5.57 Å². The van der Waals surface area contributed by atoms with Gasteiger partial charge < -0.3 is 4.98 Å². The van der Waals surface area contributed by atoms with Gasteiger partial charge in [0.25, 0.3) is 0 Å². The molecular weight excluding hydrogens is 174 g/mol. The molecule has 2 rings (SSSR count). The molecule has 74 valence electrons. The number of H-pyrrole nitrogens is 1. The first kappa shape index (κ1) is 9.25. The first-order valence-electron chi connectivity index (χ1n) is 5.24. The molecule has 0 aliphatic heterocycles. The summed E-state index contributed by atoms with van der Waals surface area (Å²) in [6.07, 6.45) is 10.0. The largest absolute Gasteiger partial charge is 0.361 e. The highest BCUT2D eigenvalue weighted by Crippen LogP contribution is 2.23. The van der Waals surface area contributed by atoms with Crippen LogP contribution in [-0.4, -0.2) is 4.98 Å². The van der Waals surface area contributed by atoms with E-state index in [1.807, 2.05) is 0 Å². The molecule has 0 spiro atoms. The van der Waals surface area contributed by atoms with Gasteiger partial charge in [0.2, 0.25) is 0 Å². The van der Waals surface area contributed by atoms with Crippen LogP contribution in [0.3, 0.4) is 0 Å². The fourth-order valence-corrected chi connectivity index (χ4v) is 1.89. The Morgan fingerprint density at radius 1 is 1.21 bits per heavy atom. The summed E-state index contributed by atoms with van der Waals surface area (Å²) in [6, 6.07) is 3.25. The summed E-state index contributed by atoms with van der Waals surface area (Å²) >= 11 is 0. The molecule has 1 aromatic heterocycles. The summed E-state index contributed by atoms with van der Waals surface area (Å²) in [7, 11) is 0. The van der Waals surface area contributed by atoms with E-state index in [0.717, 1.165) is 18.5 Å². The van der Waals surface area contributed by atoms with Crippen molar-refractivity contribution in [1.82, 2.24) is 4.98 Å². The molecule has 14 heavy (non-hydrogen) atoms. The SMILES string of the molecule is O=c1cc[nH]c(C2=CCCCCC2)c1. The third kappa shape index (κ3) is 2.13. The van der Waals surface area contributed by atoms with Crippen LogP contribution < -0.4 is 5.43 Å². The lowest BCUT2D eigenvalue weighted by Gasteiger charge is -2.04. The molecule has 1 aromatic rings. The van der Waals surface area contributed by atoms with E-state index >= 15 is 0 Å². The third-order valence-corrected chi connectivity index (χ3v) is 2.66.